The first kappa shape index (κ1) is 17.0. The van der Waals surface area contributed by atoms with Gasteiger partial charge in [-0.15, -0.1) is 0 Å². The molecule has 5 nitrogen and oxygen atoms in total. The number of benzene rings is 2. The van der Waals surface area contributed by atoms with Crippen LogP contribution in [0.15, 0.2) is 48.5 Å². The van der Waals surface area contributed by atoms with Gasteiger partial charge in [-0.1, -0.05) is 24.3 Å². The van der Waals surface area contributed by atoms with E-state index in [1.165, 1.54) is 0 Å². The van der Waals surface area contributed by atoms with Crippen LogP contribution >= 0.6 is 0 Å². The van der Waals surface area contributed by atoms with Crippen LogP contribution in [0.4, 0.5) is 5.69 Å². The Morgan fingerprint density at radius 2 is 1.83 bits per heavy atom. The van der Waals surface area contributed by atoms with E-state index >= 15 is 0 Å². The minimum Gasteiger partial charge on any atom is -0.394 e. The first-order valence-electron chi connectivity index (χ1n) is 7.46. The normalized spacial score (nSPS) is 11.8. The monoisotopic (exact) mass is 314 g/mol. The Bertz CT molecular complexity index is 654. The maximum absolute atomic E-state index is 11.9. The Kier molecular flexibility index (Phi) is 5.73. The van der Waals surface area contributed by atoms with Crippen molar-refractivity contribution in [3.05, 3.63) is 54.1 Å². The van der Waals surface area contributed by atoms with E-state index in [4.69, 9.17) is 5.11 Å². The molecule has 0 aliphatic heterocycles. The molecule has 0 bridgehead atoms. The summed E-state index contributed by atoms with van der Waals surface area (Å²) < 4.78 is 0. The number of carbonyl (C=O) groups is 1. The average molecular weight is 314 g/mol. The van der Waals surface area contributed by atoms with Crippen molar-refractivity contribution in [2.75, 3.05) is 32.1 Å². The highest BCUT2D eigenvalue weighted by Gasteiger charge is 2.08. The van der Waals surface area contributed by atoms with Crippen molar-refractivity contribution in [2.45, 2.75) is 6.10 Å². The van der Waals surface area contributed by atoms with Crippen LogP contribution in [0.5, 0.6) is 0 Å². The smallest absolute Gasteiger partial charge is 0.251 e. The number of carbonyl (C=O) groups excluding carboxylic acids is 1. The molecule has 0 heterocycles. The summed E-state index contributed by atoms with van der Waals surface area (Å²) in [5.74, 6) is -0.272. The second-order valence-corrected chi connectivity index (χ2v) is 5.57. The van der Waals surface area contributed by atoms with Gasteiger partial charge in [0.1, 0.15) is 0 Å². The molecule has 0 radical (unpaired) electrons. The lowest BCUT2D eigenvalue weighted by molar-refractivity contribution is 0.0802. The molecule has 23 heavy (non-hydrogen) atoms. The predicted molar refractivity (Wildman–Crippen MR) is 91.6 cm³/mol. The average Bonchev–Trinajstić information content (AvgIpc) is 2.59. The Hall–Kier alpha value is -2.37. The summed E-state index contributed by atoms with van der Waals surface area (Å²) in [6, 6.07) is 15.4. The third-order valence-corrected chi connectivity index (χ3v) is 3.55. The van der Waals surface area contributed by atoms with Crippen LogP contribution in [-0.4, -0.2) is 49.5 Å². The molecule has 0 saturated carbocycles. The Balaban J connectivity index is 2.10. The van der Waals surface area contributed by atoms with Crippen molar-refractivity contribution < 1.29 is 15.0 Å². The fourth-order valence-electron chi connectivity index (χ4n) is 2.15. The zero-order chi connectivity index (χ0) is 16.8. The number of rotatable bonds is 6. The second kappa shape index (κ2) is 7.76. The van der Waals surface area contributed by atoms with Crippen LogP contribution in [0, 0.1) is 0 Å². The molecule has 0 fully saturated rings. The van der Waals surface area contributed by atoms with Crippen LogP contribution in [0.3, 0.4) is 0 Å². The van der Waals surface area contributed by atoms with E-state index in [2.05, 4.69) is 11.4 Å². The zero-order valence-electron chi connectivity index (χ0n) is 13.4. The number of aliphatic hydroxyl groups is 2. The number of hydrogen-bond donors (Lipinski definition) is 3. The highest BCUT2D eigenvalue weighted by molar-refractivity contribution is 5.94. The molecule has 5 heteroatoms. The van der Waals surface area contributed by atoms with Gasteiger partial charge in [0.05, 0.1) is 12.7 Å². The van der Waals surface area contributed by atoms with Gasteiger partial charge in [-0.2, -0.15) is 0 Å². The highest BCUT2D eigenvalue weighted by atomic mass is 16.3. The van der Waals surface area contributed by atoms with Crippen LogP contribution in [0.25, 0.3) is 11.1 Å². The Labute approximate surface area is 136 Å². The van der Waals surface area contributed by atoms with Gasteiger partial charge in [0.25, 0.3) is 5.91 Å². The minimum absolute atomic E-state index is 0.0297. The Morgan fingerprint density at radius 3 is 2.43 bits per heavy atom. The van der Waals surface area contributed by atoms with Gasteiger partial charge in [-0.25, -0.2) is 0 Å². The molecule has 0 aromatic heterocycles. The van der Waals surface area contributed by atoms with E-state index in [-0.39, 0.29) is 19.1 Å². The number of nitrogens with zero attached hydrogens (tertiary/aromatic N) is 1. The van der Waals surface area contributed by atoms with E-state index in [9.17, 15) is 9.90 Å². The van der Waals surface area contributed by atoms with Crippen LogP contribution < -0.4 is 10.2 Å². The SMILES string of the molecule is CN(C)c1cccc(-c2ccc(C(=O)NC[C@H](O)CO)cc2)c1. The topological polar surface area (TPSA) is 72.8 Å². The first-order valence-corrected chi connectivity index (χ1v) is 7.46. The summed E-state index contributed by atoms with van der Waals surface area (Å²) in [4.78, 5) is 14.0. The molecule has 0 unspecified atom stereocenters. The van der Waals surface area contributed by atoms with Gasteiger partial charge < -0.3 is 20.4 Å². The molecule has 0 spiro atoms. The summed E-state index contributed by atoms with van der Waals surface area (Å²) in [5.41, 5.74) is 3.74. The number of nitrogens with one attached hydrogen (secondary N) is 1. The van der Waals surface area contributed by atoms with Gasteiger partial charge in [0.15, 0.2) is 0 Å². The molecule has 3 N–H and O–H groups in total. The fourth-order valence-corrected chi connectivity index (χ4v) is 2.15. The lowest BCUT2D eigenvalue weighted by Crippen LogP contribution is -2.33. The zero-order valence-corrected chi connectivity index (χ0v) is 13.4. The number of hydrogen-bond acceptors (Lipinski definition) is 4. The summed E-state index contributed by atoms with van der Waals surface area (Å²) in [6.07, 6.45) is -0.938. The van der Waals surface area contributed by atoms with Gasteiger partial charge in [-0.05, 0) is 35.4 Å². The van der Waals surface area contributed by atoms with Crippen molar-refractivity contribution in [3.8, 4) is 11.1 Å². The summed E-state index contributed by atoms with van der Waals surface area (Å²) in [6.45, 7) is -0.344. The van der Waals surface area contributed by atoms with E-state index in [1.54, 1.807) is 12.1 Å². The number of anilines is 1. The Morgan fingerprint density at radius 1 is 1.13 bits per heavy atom. The maximum atomic E-state index is 11.9. The largest absolute Gasteiger partial charge is 0.394 e. The standard InChI is InChI=1S/C18H22N2O3/c1-20(2)16-5-3-4-15(10-16)13-6-8-14(9-7-13)18(23)19-11-17(22)12-21/h3-10,17,21-22H,11-12H2,1-2H3,(H,19,23)/t17-/m0/s1. The molecule has 2 aromatic rings. The fraction of sp³-hybridized carbons (Fsp3) is 0.278. The molecule has 0 aliphatic rings. The third kappa shape index (κ3) is 4.55. The maximum Gasteiger partial charge on any atom is 0.251 e. The summed E-state index contributed by atoms with van der Waals surface area (Å²) in [7, 11) is 3.99. The molecule has 2 aromatic carbocycles. The predicted octanol–water partition coefficient (Wildman–Crippen LogP) is 1.50. The van der Waals surface area contributed by atoms with Crippen molar-refractivity contribution in [1.82, 2.24) is 5.32 Å². The van der Waals surface area contributed by atoms with Gasteiger partial charge in [-0.3, -0.25) is 4.79 Å². The van der Waals surface area contributed by atoms with E-state index in [0.717, 1.165) is 16.8 Å². The van der Waals surface area contributed by atoms with Gasteiger partial charge in [0.2, 0.25) is 0 Å². The lowest BCUT2D eigenvalue weighted by atomic mass is 10.0. The second-order valence-electron chi connectivity index (χ2n) is 5.57. The third-order valence-electron chi connectivity index (χ3n) is 3.55. The minimum atomic E-state index is -0.938. The molecule has 0 saturated heterocycles. The van der Waals surface area contributed by atoms with Crippen molar-refractivity contribution in [2.24, 2.45) is 0 Å². The van der Waals surface area contributed by atoms with Gasteiger partial charge in [0, 0.05) is 31.9 Å². The van der Waals surface area contributed by atoms with Crippen molar-refractivity contribution in [1.29, 1.82) is 0 Å². The molecular weight excluding hydrogens is 292 g/mol. The van der Waals surface area contributed by atoms with Crippen LogP contribution in [0.2, 0.25) is 0 Å². The summed E-state index contributed by atoms with van der Waals surface area (Å²) >= 11 is 0. The molecule has 1 amide bonds. The molecule has 122 valence electrons. The van der Waals surface area contributed by atoms with E-state index < -0.39 is 6.10 Å². The lowest BCUT2D eigenvalue weighted by Gasteiger charge is -2.14. The van der Waals surface area contributed by atoms with Gasteiger partial charge >= 0.3 is 0 Å². The van der Waals surface area contributed by atoms with Crippen molar-refractivity contribution >= 4 is 11.6 Å². The molecule has 0 aliphatic carbocycles. The van der Waals surface area contributed by atoms with E-state index in [1.807, 2.05) is 49.3 Å². The number of aliphatic hydroxyl groups excluding tert-OH is 2. The van der Waals surface area contributed by atoms with Crippen LogP contribution in [-0.2, 0) is 0 Å². The quantitative estimate of drug-likeness (QED) is 0.755. The molecular formula is C18H22N2O3. The highest BCUT2D eigenvalue weighted by Crippen LogP contribution is 2.24. The first-order chi connectivity index (χ1) is 11.0. The molecule has 1 atom stereocenters. The summed E-state index contributed by atoms with van der Waals surface area (Å²) in [5, 5.41) is 20.6. The van der Waals surface area contributed by atoms with Crippen LogP contribution in [0.1, 0.15) is 10.4 Å². The van der Waals surface area contributed by atoms with E-state index in [0.29, 0.717) is 5.56 Å². The molecule has 2 rings (SSSR count). The van der Waals surface area contributed by atoms with Crippen molar-refractivity contribution in [3.63, 3.8) is 0 Å². The number of amides is 1.